The van der Waals surface area contributed by atoms with E-state index in [0.717, 1.165) is 0 Å². The van der Waals surface area contributed by atoms with Gasteiger partial charge < -0.3 is 25.7 Å². The Bertz CT molecular complexity index is 344. The highest BCUT2D eigenvalue weighted by Crippen LogP contribution is 2.22. The van der Waals surface area contributed by atoms with E-state index in [1.54, 1.807) is 0 Å². The Morgan fingerprint density at radius 2 is 2.47 bits per heavy atom. The van der Waals surface area contributed by atoms with Crippen LogP contribution in [0.3, 0.4) is 0 Å². The van der Waals surface area contributed by atoms with Gasteiger partial charge in [-0.2, -0.15) is 0 Å². The Labute approximate surface area is 85.6 Å². The summed E-state index contributed by atoms with van der Waals surface area (Å²) in [6.45, 7) is -0.0584. The Balaban J connectivity index is 2.72. The van der Waals surface area contributed by atoms with Crippen LogP contribution in [0, 0.1) is 10.1 Å². The number of hydrogen-bond acceptors (Lipinski definition) is 6. The first-order chi connectivity index (χ1) is 7.15. The maximum atomic E-state index is 10.5. The summed E-state index contributed by atoms with van der Waals surface area (Å²) in [5.41, 5.74) is 5.15. The topological polar surface area (TPSA) is 112 Å². The molecule has 1 aromatic heterocycles. The molecular formula is C8H11N3O4. The second kappa shape index (κ2) is 5.23. The van der Waals surface area contributed by atoms with Crippen molar-refractivity contribution in [2.75, 3.05) is 13.2 Å². The Morgan fingerprint density at radius 1 is 1.73 bits per heavy atom. The smallest absolute Gasteiger partial charge is 0.406 e. The SMILES string of the molecule is NCC(O)COc1cccnc1[N+](=O)[O-]. The molecular weight excluding hydrogens is 202 g/mol. The summed E-state index contributed by atoms with van der Waals surface area (Å²) in [4.78, 5) is 13.4. The van der Waals surface area contributed by atoms with Crippen LogP contribution >= 0.6 is 0 Å². The van der Waals surface area contributed by atoms with Crippen LogP contribution in [0.4, 0.5) is 5.82 Å². The molecule has 0 saturated heterocycles. The monoisotopic (exact) mass is 213 g/mol. The summed E-state index contributed by atoms with van der Waals surface area (Å²) in [5.74, 6) is -0.350. The van der Waals surface area contributed by atoms with Gasteiger partial charge in [0.2, 0.25) is 5.75 Å². The molecule has 82 valence electrons. The molecule has 0 amide bonds. The highest BCUT2D eigenvalue weighted by molar-refractivity contribution is 5.38. The third kappa shape index (κ3) is 3.15. The molecule has 0 fully saturated rings. The average molecular weight is 213 g/mol. The number of aliphatic hydroxyl groups is 1. The molecule has 0 aliphatic rings. The number of aromatic nitrogens is 1. The minimum absolute atomic E-state index is 0.0231. The minimum Gasteiger partial charge on any atom is -0.483 e. The molecule has 3 N–H and O–H groups in total. The number of nitrogens with zero attached hydrogens (tertiary/aromatic N) is 2. The molecule has 0 aliphatic carbocycles. The third-order valence-corrected chi connectivity index (χ3v) is 1.63. The number of nitrogens with two attached hydrogens (primary N) is 1. The van der Waals surface area contributed by atoms with Gasteiger partial charge in [0.25, 0.3) is 0 Å². The number of aliphatic hydroxyl groups excluding tert-OH is 1. The van der Waals surface area contributed by atoms with Crippen LogP contribution < -0.4 is 10.5 Å². The fraction of sp³-hybridized carbons (Fsp3) is 0.375. The lowest BCUT2D eigenvalue weighted by molar-refractivity contribution is -0.390. The summed E-state index contributed by atoms with van der Waals surface area (Å²) in [6.07, 6.45) is 0.453. The number of nitro groups is 1. The van der Waals surface area contributed by atoms with Crippen molar-refractivity contribution in [3.63, 3.8) is 0 Å². The molecule has 1 atom stereocenters. The molecule has 7 nitrogen and oxygen atoms in total. The van der Waals surface area contributed by atoms with Crippen LogP contribution in [0.1, 0.15) is 0 Å². The molecule has 7 heteroatoms. The van der Waals surface area contributed by atoms with Gasteiger partial charge in [0.1, 0.15) is 18.9 Å². The lowest BCUT2D eigenvalue weighted by Crippen LogP contribution is -2.26. The van der Waals surface area contributed by atoms with Gasteiger partial charge in [-0.05, 0) is 22.0 Å². The van der Waals surface area contributed by atoms with E-state index >= 15 is 0 Å². The second-order valence-electron chi connectivity index (χ2n) is 2.78. The van der Waals surface area contributed by atoms with Gasteiger partial charge in [-0.1, -0.05) is 0 Å². The first-order valence-corrected chi connectivity index (χ1v) is 4.25. The van der Waals surface area contributed by atoms with Gasteiger partial charge in [0, 0.05) is 6.54 Å². The Morgan fingerprint density at radius 3 is 3.07 bits per heavy atom. The van der Waals surface area contributed by atoms with E-state index in [9.17, 15) is 10.1 Å². The summed E-state index contributed by atoms with van der Waals surface area (Å²) in [7, 11) is 0. The van der Waals surface area contributed by atoms with E-state index in [1.165, 1.54) is 18.3 Å². The largest absolute Gasteiger partial charge is 0.483 e. The molecule has 1 heterocycles. The normalized spacial score (nSPS) is 12.1. The van der Waals surface area contributed by atoms with Gasteiger partial charge in [-0.3, -0.25) is 0 Å². The molecule has 1 unspecified atom stereocenters. The molecule has 15 heavy (non-hydrogen) atoms. The van der Waals surface area contributed by atoms with Crippen LogP contribution in [0.5, 0.6) is 5.75 Å². The average Bonchev–Trinajstić information content (AvgIpc) is 2.26. The quantitative estimate of drug-likeness (QED) is 0.512. The van der Waals surface area contributed by atoms with Gasteiger partial charge in [-0.15, -0.1) is 0 Å². The van der Waals surface area contributed by atoms with Crippen LogP contribution in [0.2, 0.25) is 0 Å². The van der Waals surface area contributed by atoms with Crippen molar-refractivity contribution >= 4 is 5.82 Å². The predicted molar refractivity (Wildman–Crippen MR) is 51.4 cm³/mol. The zero-order valence-electron chi connectivity index (χ0n) is 7.87. The fourth-order valence-corrected chi connectivity index (χ4v) is 0.886. The second-order valence-corrected chi connectivity index (χ2v) is 2.78. The summed E-state index contributed by atoms with van der Waals surface area (Å²) in [6, 6.07) is 2.92. The van der Waals surface area contributed by atoms with Crippen molar-refractivity contribution in [3.8, 4) is 5.75 Å². The molecule has 1 aromatic rings. The fourth-order valence-electron chi connectivity index (χ4n) is 0.886. The van der Waals surface area contributed by atoms with Crippen LogP contribution in [0.15, 0.2) is 18.3 Å². The van der Waals surface area contributed by atoms with Crippen molar-refractivity contribution in [2.45, 2.75) is 6.10 Å². The first-order valence-electron chi connectivity index (χ1n) is 4.25. The van der Waals surface area contributed by atoms with E-state index in [1.807, 2.05) is 0 Å². The maximum absolute atomic E-state index is 10.5. The zero-order valence-corrected chi connectivity index (χ0v) is 7.87. The van der Waals surface area contributed by atoms with E-state index in [2.05, 4.69) is 4.98 Å². The number of ether oxygens (including phenoxy) is 1. The van der Waals surface area contributed by atoms with Crippen molar-refractivity contribution in [1.29, 1.82) is 0 Å². The van der Waals surface area contributed by atoms with E-state index in [4.69, 9.17) is 15.6 Å². The Kier molecular flexibility index (Phi) is 3.95. The lowest BCUT2D eigenvalue weighted by atomic mass is 10.4. The maximum Gasteiger partial charge on any atom is 0.406 e. The summed E-state index contributed by atoms with van der Waals surface area (Å²) >= 11 is 0. The van der Waals surface area contributed by atoms with Gasteiger partial charge in [0.15, 0.2) is 0 Å². The highest BCUT2D eigenvalue weighted by Gasteiger charge is 2.16. The third-order valence-electron chi connectivity index (χ3n) is 1.63. The van der Waals surface area contributed by atoms with E-state index in [-0.39, 0.29) is 24.7 Å². The first kappa shape index (κ1) is 11.3. The highest BCUT2D eigenvalue weighted by atomic mass is 16.6. The van der Waals surface area contributed by atoms with Crippen LogP contribution in [0.25, 0.3) is 0 Å². The van der Waals surface area contributed by atoms with Crippen molar-refractivity contribution in [1.82, 2.24) is 4.98 Å². The predicted octanol–water partition coefficient (Wildman–Crippen LogP) is -0.312. The standard InChI is InChI=1S/C8H11N3O4/c9-4-6(12)5-15-7-2-1-3-10-8(7)11(13)14/h1-3,6,12H,4-5,9H2. The molecule has 0 aromatic carbocycles. The summed E-state index contributed by atoms with van der Waals surface area (Å²) < 4.78 is 5.02. The van der Waals surface area contributed by atoms with Gasteiger partial charge >= 0.3 is 5.82 Å². The molecule has 0 radical (unpaired) electrons. The van der Waals surface area contributed by atoms with Crippen molar-refractivity contribution in [2.24, 2.45) is 5.73 Å². The van der Waals surface area contributed by atoms with E-state index in [0.29, 0.717) is 0 Å². The minimum atomic E-state index is -0.843. The molecule has 0 bridgehead atoms. The number of hydrogen-bond donors (Lipinski definition) is 2. The molecule has 0 spiro atoms. The number of pyridine rings is 1. The molecule has 0 saturated carbocycles. The van der Waals surface area contributed by atoms with Gasteiger partial charge in [-0.25, -0.2) is 0 Å². The lowest BCUT2D eigenvalue weighted by Gasteiger charge is -2.09. The van der Waals surface area contributed by atoms with Crippen molar-refractivity contribution in [3.05, 3.63) is 28.4 Å². The van der Waals surface area contributed by atoms with Crippen LogP contribution in [-0.2, 0) is 0 Å². The van der Waals surface area contributed by atoms with Crippen LogP contribution in [-0.4, -0.2) is 34.3 Å². The number of rotatable bonds is 5. The summed E-state index contributed by atoms with van der Waals surface area (Å²) in [5, 5.41) is 19.6. The Hall–Kier alpha value is -1.73. The van der Waals surface area contributed by atoms with Gasteiger partial charge in [0.05, 0.1) is 0 Å². The molecule has 0 aliphatic heterocycles. The zero-order chi connectivity index (χ0) is 11.3. The van der Waals surface area contributed by atoms with E-state index < -0.39 is 11.0 Å². The molecule has 1 rings (SSSR count). The van der Waals surface area contributed by atoms with Crippen molar-refractivity contribution < 1.29 is 14.8 Å².